The first-order valence-electron chi connectivity index (χ1n) is 10.6. The van der Waals surface area contributed by atoms with E-state index in [0.29, 0.717) is 17.7 Å². The van der Waals surface area contributed by atoms with Gasteiger partial charge in [0.25, 0.3) is 0 Å². The number of nitrogens with zero attached hydrogens (tertiary/aromatic N) is 1. The number of fused-ring (bicyclic) bond motifs is 1. The fourth-order valence-corrected chi connectivity index (χ4v) is 3.64. The highest BCUT2D eigenvalue weighted by Gasteiger charge is 2.19. The summed E-state index contributed by atoms with van der Waals surface area (Å²) in [5, 5.41) is 11.3. The third-order valence-corrected chi connectivity index (χ3v) is 5.60. The van der Waals surface area contributed by atoms with Gasteiger partial charge in [0.15, 0.2) is 0 Å². The number of rotatable bonds is 9. The predicted molar refractivity (Wildman–Crippen MR) is 118 cm³/mol. The zero-order chi connectivity index (χ0) is 20.8. The van der Waals surface area contributed by atoms with Crippen LogP contribution in [0.3, 0.4) is 0 Å². The Hall–Kier alpha value is -2.40. The molecule has 1 aliphatic heterocycles. The molecule has 1 heterocycles. The summed E-state index contributed by atoms with van der Waals surface area (Å²) in [5.41, 5.74) is 4.17. The molecule has 0 fully saturated rings. The number of ether oxygens (including phenoxy) is 1. The van der Waals surface area contributed by atoms with Gasteiger partial charge in [-0.2, -0.15) is 0 Å². The molecule has 29 heavy (non-hydrogen) atoms. The molecule has 1 atom stereocenters. The molecular weight excluding hydrogens is 365 g/mol. The monoisotopic (exact) mass is 397 g/mol. The Kier molecular flexibility index (Phi) is 7.26. The van der Waals surface area contributed by atoms with Crippen LogP contribution >= 0.6 is 0 Å². The van der Waals surface area contributed by atoms with Crippen molar-refractivity contribution in [1.29, 1.82) is 5.41 Å². The topological polar surface area (TPSA) is 48.4 Å². The average molecular weight is 398 g/mol. The second kappa shape index (κ2) is 9.88. The number of anilines is 1. The predicted octanol–water partition coefficient (Wildman–Crippen LogP) is 4.93. The van der Waals surface area contributed by atoms with E-state index in [1.807, 2.05) is 26.1 Å². The van der Waals surface area contributed by atoms with Crippen LogP contribution in [0.15, 0.2) is 36.4 Å². The fraction of sp³-hybridized carbons (Fsp3) is 0.458. The molecule has 0 amide bonds. The van der Waals surface area contributed by atoms with E-state index in [1.165, 1.54) is 11.1 Å². The summed E-state index contributed by atoms with van der Waals surface area (Å²) in [6.07, 6.45) is 3.62. The maximum absolute atomic E-state index is 14.7. The lowest BCUT2D eigenvalue weighted by Gasteiger charge is -2.31. The Bertz CT molecular complexity index is 852. The van der Waals surface area contributed by atoms with Crippen LogP contribution in [0.4, 0.5) is 10.1 Å². The number of nitrogens with one attached hydrogen (secondary N) is 2. The highest BCUT2D eigenvalue weighted by atomic mass is 19.1. The van der Waals surface area contributed by atoms with Crippen molar-refractivity contribution in [2.24, 2.45) is 0 Å². The highest BCUT2D eigenvalue weighted by Crippen LogP contribution is 2.28. The minimum atomic E-state index is -0.318. The van der Waals surface area contributed by atoms with Gasteiger partial charge in [-0.05, 0) is 68.3 Å². The quantitative estimate of drug-likeness (QED) is 0.466. The molecule has 0 unspecified atom stereocenters. The molecule has 5 heteroatoms. The van der Waals surface area contributed by atoms with Crippen molar-refractivity contribution in [2.75, 3.05) is 25.1 Å². The van der Waals surface area contributed by atoms with Gasteiger partial charge in [-0.15, -0.1) is 0 Å². The minimum absolute atomic E-state index is 0.149. The molecule has 3 rings (SSSR count). The van der Waals surface area contributed by atoms with Crippen LogP contribution in [0.25, 0.3) is 0 Å². The van der Waals surface area contributed by atoms with Crippen LogP contribution in [-0.4, -0.2) is 32.0 Å². The molecule has 0 saturated heterocycles. The number of halogens is 1. The zero-order valence-electron chi connectivity index (χ0n) is 17.7. The lowest BCUT2D eigenvalue weighted by molar-refractivity contribution is 0.309. The Balaban J connectivity index is 1.68. The van der Waals surface area contributed by atoms with Crippen molar-refractivity contribution in [2.45, 2.75) is 52.1 Å². The zero-order valence-corrected chi connectivity index (χ0v) is 17.7. The molecule has 2 aromatic carbocycles. The number of benzene rings is 2. The van der Waals surface area contributed by atoms with Gasteiger partial charge in [0, 0.05) is 42.5 Å². The van der Waals surface area contributed by atoms with Crippen molar-refractivity contribution < 1.29 is 9.13 Å². The van der Waals surface area contributed by atoms with E-state index in [-0.39, 0.29) is 11.9 Å². The van der Waals surface area contributed by atoms with Gasteiger partial charge in [-0.1, -0.05) is 19.4 Å². The minimum Gasteiger partial charge on any atom is -0.494 e. The summed E-state index contributed by atoms with van der Waals surface area (Å²) in [7, 11) is 1.85. The molecule has 4 nitrogen and oxygen atoms in total. The smallest absolute Gasteiger partial charge is 0.134 e. The first-order chi connectivity index (χ1) is 14.0. The second-order valence-electron chi connectivity index (χ2n) is 7.84. The first kappa shape index (κ1) is 21.3. The van der Waals surface area contributed by atoms with E-state index in [2.05, 4.69) is 29.3 Å². The van der Waals surface area contributed by atoms with Gasteiger partial charge in [-0.25, -0.2) is 4.39 Å². The molecule has 0 spiro atoms. The van der Waals surface area contributed by atoms with E-state index < -0.39 is 0 Å². The van der Waals surface area contributed by atoms with E-state index in [0.717, 1.165) is 50.4 Å². The van der Waals surface area contributed by atoms with Gasteiger partial charge in [0.1, 0.15) is 11.6 Å². The Morgan fingerprint density at radius 3 is 2.79 bits per heavy atom. The van der Waals surface area contributed by atoms with E-state index in [4.69, 9.17) is 10.1 Å². The van der Waals surface area contributed by atoms with Crippen LogP contribution in [0.5, 0.6) is 5.75 Å². The van der Waals surface area contributed by atoms with Crippen molar-refractivity contribution in [3.63, 3.8) is 0 Å². The Morgan fingerprint density at radius 1 is 1.24 bits per heavy atom. The van der Waals surface area contributed by atoms with E-state index in [9.17, 15) is 4.39 Å². The van der Waals surface area contributed by atoms with Gasteiger partial charge >= 0.3 is 0 Å². The summed E-state index contributed by atoms with van der Waals surface area (Å²) in [4.78, 5) is 2.20. The van der Waals surface area contributed by atoms with Crippen LogP contribution in [0.2, 0.25) is 0 Å². The third-order valence-electron chi connectivity index (χ3n) is 5.60. The first-order valence-corrected chi connectivity index (χ1v) is 10.6. The van der Waals surface area contributed by atoms with Gasteiger partial charge in [-0.3, -0.25) is 0 Å². The molecule has 0 aliphatic carbocycles. The SMILES string of the molecule is CCCCOc1ccc2c(c1)CCN(c1ccc(C(=N)C[C@@H](C)NC)c(F)c1)C2. The largest absolute Gasteiger partial charge is 0.494 e. The number of hydrogen-bond acceptors (Lipinski definition) is 4. The number of unbranched alkanes of at least 4 members (excludes halogenated alkanes) is 1. The summed E-state index contributed by atoms with van der Waals surface area (Å²) < 4.78 is 20.5. The summed E-state index contributed by atoms with van der Waals surface area (Å²) in [5.74, 6) is 0.622. The third kappa shape index (κ3) is 5.36. The summed E-state index contributed by atoms with van der Waals surface area (Å²) in [6, 6.07) is 11.7. The van der Waals surface area contributed by atoms with Crippen molar-refractivity contribution >= 4 is 11.4 Å². The molecular formula is C24H32FN3O. The van der Waals surface area contributed by atoms with E-state index >= 15 is 0 Å². The maximum Gasteiger partial charge on any atom is 0.134 e. The lowest BCUT2D eigenvalue weighted by Crippen LogP contribution is -2.30. The highest BCUT2D eigenvalue weighted by molar-refractivity contribution is 5.99. The van der Waals surface area contributed by atoms with E-state index in [1.54, 1.807) is 12.1 Å². The van der Waals surface area contributed by atoms with Crippen LogP contribution in [0, 0.1) is 11.2 Å². The maximum atomic E-state index is 14.7. The molecule has 0 radical (unpaired) electrons. The van der Waals surface area contributed by atoms with Gasteiger partial charge in [0.2, 0.25) is 0 Å². The van der Waals surface area contributed by atoms with Crippen LogP contribution in [-0.2, 0) is 13.0 Å². The normalized spacial score (nSPS) is 14.4. The second-order valence-corrected chi connectivity index (χ2v) is 7.84. The van der Waals surface area contributed by atoms with Gasteiger partial charge in [0.05, 0.1) is 6.61 Å². The van der Waals surface area contributed by atoms with Crippen LogP contribution < -0.4 is 15.0 Å². The van der Waals surface area contributed by atoms with Gasteiger partial charge < -0.3 is 20.4 Å². The molecule has 2 aromatic rings. The van der Waals surface area contributed by atoms with Crippen LogP contribution in [0.1, 0.15) is 49.8 Å². The molecule has 0 bridgehead atoms. The van der Waals surface area contributed by atoms with Crippen molar-refractivity contribution in [1.82, 2.24) is 5.32 Å². The molecule has 0 aromatic heterocycles. The molecule has 1 aliphatic rings. The molecule has 156 valence electrons. The summed E-state index contributed by atoms with van der Waals surface area (Å²) in [6.45, 7) is 6.52. The summed E-state index contributed by atoms with van der Waals surface area (Å²) >= 11 is 0. The Labute approximate surface area is 173 Å². The lowest BCUT2D eigenvalue weighted by atomic mass is 9.98. The van der Waals surface area contributed by atoms with Crippen molar-refractivity contribution in [3.8, 4) is 5.75 Å². The number of hydrogen-bond donors (Lipinski definition) is 2. The molecule has 0 saturated carbocycles. The molecule has 2 N–H and O–H groups in total. The standard InChI is InChI=1S/C24H32FN3O/c1-4-5-12-29-21-8-6-19-16-28(11-10-18(19)14-21)20-7-9-22(23(25)15-20)24(26)13-17(2)27-3/h6-9,14-15,17,26-27H,4-5,10-13,16H2,1-3H3/t17-/m1/s1. The Morgan fingerprint density at radius 2 is 2.07 bits per heavy atom. The fourth-order valence-electron chi connectivity index (χ4n) is 3.64. The average Bonchev–Trinajstić information content (AvgIpc) is 2.73. The van der Waals surface area contributed by atoms with Crippen molar-refractivity contribution in [3.05, 3.63) is 58.9 Å².